The van der Waals surface area contributed by atoms with E-state index >= 15 is 0 Å². The molecule has 5 heteroatoms. The molecule has 138 valence electrons. The van der Waals surface area contributed by atoms with E-state index in [1.807, 2.05) is 56.3 Å². The van der Waals surface area contributed by atoms with Crippen molar-refractivity contribution in [1.82, 2.24) is 10.3 Å². The molecule has 1 aromatic heterocycles. The van der Waals surface area contributed by atoms with E-state index in [-0.39, 0.29) is 12.2 Å². The number of hydrogen-bond donors (Lipinski definition) is 1. The minimum Gasteiger partial charge on any atom is -0.466 e. The number of Topliss-reactive ketones (excluding diaryl/α,β-unsaturated/α-hetero) is 1. The van der Waals surface area contributed by atoms with Gasteiger partial charge in [-0.25, -0.2) is 4.79 Å². The van der Waals surface area contributed by atoms with Gasteiger partial charge in [-0.1, -0.05) is 36.4 Å². The Morgan fingerprint density at radius 3 is 2.37 bits per heavy atom. The van der Waals surface area contributed by atoms with Crippen LogP contribution in [0, 0.1) is 0 Å². The van der Waals surface area contributed by atoms with Crippen molar-refractivity contribution in [3.63, 3.8) is 0 Å². The molecule has 1 atom stereocenters. The molecule has 0 aliphatic carbocycles. The van der Waals surface area contributed by atoms with E-state index in [1.165, 1.54) is 7.11 Å². The fraction of sp³-hybridized carbons (Fsp3) is 0.227. The Kier molecular flexibility index (Phi) is 5.50. The van der Waals surface area contributed by atoms with Crippen molar-refractivity contribution >= 4 is 11.8 Å². The van der Waals surface area contributed by atoms with Crippen LogP contribution in [0.25, 0.3) is 0 Å². The van der Waals surface area contributed by atoms with Crippen LogP contribution in [0.1, 0.15) is 30.9 Å². The summed E-state index contributed by atoms with van der Waals surface area (Å²) >= 11 is 0. The molecule has 1 aliphatic heterocycles. The Morgan fingerprint density at radius 1 is 1.04 bits per heavy atom. The highest BCUT2D eigenvalue weighted by Gasteiger charge is 2.36. The van der Waals surface area contributed by atoms with E-state index in [9.17, 15) is 9.59 Å². The lowest BCUT2D eigenvalue weighted by molar-refractivity contribution is -0.136. The average Bonchev–Trinajstić information content (AvgIpc) is 2.68. The summed E-state index contributed by atoms with van der Waals surface area (Å²) < 4.78 is 5.01. The monoisotopic (exact) mass is 362 g/mol. The van der Waals surface area contributed by atoms with Gasteiger partial charge >= 0.3 is 5.97 Å². The first-order valence-corrected chi connectivity index (χ1v) is 8.76. The molecule has 2 aromatic rings. The third-order valence-electron chi connectivity index (χ3n) is 4.69. The number of nitrogens with zero attached hydrogens (tertiary/aromatic N) is 1. The summed E-state index contributed by atoms with van der Waals surface area (Å²) in [6, 6.07) is 13.2. The number of nitrogens with one attached hydrogen (secondary N) is 1. The normalized spacial score (nSPS) is 16.8. The van der Waals surface area contributed by atoms with Crippen LogP contribution in [0.4, 0.5) is 0 Å². The van der Waals surface area contributed by atoms with E-state index in [1.54, 1.807) is 12.4 Å². The number of benzene rings is 1. The standard InChI is InChI=1S/C22H22N2O3/c1-14-19(18(25)12-16-8-7-11-23-13-16)21(17-9-5-4-6-10-17)20(15(2)24-14)22(26)27-3/h4-11,13,21,24H,12H2,1-3H3. The third kappa shape index (κ3) is 3.82. The van der Waals surface area contributed by atoms with E-state index in [2.05, 4.69) is 10.3 Å². The second-order valence-electron chi connectivity index (χ2n) is 6.50. The van der Waals surface area contributed by atoms with Gasteiger partial charge in [0.05, 0.1) is 12.7 Å². The SMILES string of the molecule is COC(=O)C1=C(C)NC(C)=C(C(=O)Cc2cccnc2)C1c1ccccc1. The Hall–Kier alpha value is -3.21. The zero-order chi connectivity index (χ0) is 19.4. The Morgan fingerprint density at radius 2 is 1.74 bits per heavy atom. The summed E-state index contributed by atoms with van der Waals surface area (Å²) in [5.74, 6) is -0.951. The molecule has 0 saturated carbocycles. The Balaban J connectivity index is 2.08. The molecule has 1 aromatic carbocycles. The number of ether oxygens (including phenoxy) is 1. The molecule has 2 heterocycles. The molecular formula is C22H22N2O3. The molecule has 27 heavy (non-hydrogen) atoms. The van der Waals surface area contributed by atoms with Crippen LogP contribution < -0.4 is 5.32 Å². The van der Waals surface area contributed by atoms with Crippen molar-refractivity contribution in [2.45, 2.75) is 26.2 Å². The van der Waals surface area contributed by atoms with Crippen LogP contribution in [-0.4, -0.2) is 23.8 Å². The number of hydrogen-bond acceptors (Lipinski definition) is 5. The number of aromatic nitrogens is 1. The number of allylic oxidation sites excluding steroid dienone is 3. The molecule has 0 fully saturated rings. The van der Waals surface area contributed by atoms with E-state index in [0.717, 1.165) is 16.8 Å². The van der Waals surface area contributed by atoms with Crippen LogP contribution in [0.2, 0.25) is 0 Å². The number of esters is 1. The first kappa shape index (κ1) is 18.6. The molecule has 3 rings (SSSR count). The smallest absolute Gasteiger partial charge is 0.336 e. The minimum atomic E-state index is -0.468. The lowest BCUT2D eigenvalue weighted by Crippen LogP contribution is -2.32. The first-order valence-electron chi connectivity index (χ1n) is 8.76. The van der Waals surface area contributed by atoms with Gasteiger partial charge in [0.25, 0.3) is 0 Å². The topological polar surface area (TPSA) is 68.3 Å². The highest BCUT2D eigenvalue weighted by atomic mass is 16.5. The zero-order valence-corrected chi connectivity index (χ0v) is 15.7. The van der Waals surface area contributed by atoms with Crippen molar-refractivity contribution in [2.24, 2.45) is 0 Å². The lowest BCUT2D eigenvalue weighted by Gasteiger charge is -2.30. The number of dihydropyridines is 1. The summed E-state index contributed by atoms with van der Waals surface area (Å²) in [6.45, 7) is 3.69. The molecule has 0 spiro atoms. The number of carbonyl (C=O) groups is 2. The maximum absolute atomic E-state index is 13.2. The van der Waals surface area contributed by atoms with E-state index in [4.69, 9.17) is 4.74 Å². The van der Waals surface area contributed by atoms with Gasteiger partial charge < -0.3 is 10.1 Å². The molecule has 1 N–H and O–H groups in total. The first-order chi connectivity index (χ1) is 13.0. The number of carbonyl (C=O) groups excluding carboxylic acids is 2. The summed E-state index contributed by atoms with van der Waals surface area (Å²) in [4.78, 5) is 29.8. The lowest BCUT2D eigenvalue weighted by atomic mass is 9.78. The van der Waals surface area contributed by atoms with Gasteiger partial charge in [-0.3, -0.25) is 9.78 Å². The molecule has 0 amide bonds. The zero-order valence-electron chi connectivity index (χ0n) is 15.7. The van der Waals surface area contributed by atoms with Gasteiger partial charge in [-0.2, -0.15) is 0 Å². The van der Waals surface area contributed by atoms with Crippen molar-refractivity contribution in [3.05, 3.63) is 88.5 Å². The molecule has 0 radical (unpaired) electrons. The molecule has 0 saturated heterocycles. The van der Waals surface area contributed by atoms with Crippen LogP contribution in [0.15, 0.2) is 77.4 Å². The van der Waals surface area contributed by atoms with Gasteiger partial charge in [-0.05, 0) is 31.0 Å². The Labute approximate surface area is 158 Å². The highest BCUT2D eigenvalue weighted by molar-refractivity contribution is 6.03. The van der Waals surface area contributed by atoms with Crippen LogP contribution in [0.3, 0.4) is 0 Å². The van der Waals surface area contributed by atoms with Crippen molar-refractivity contribution < 1.29 is 14.3 Å². The van der Waals surface area contributed by atoms with E-state index < -0.39 is 11.9 Å². The van der Waals surface area contributed by atoms with Gasteiger partial charge in [0.1, 0.15) is 0 Å². The van der Waals surface area contributed by atoms with Crippen LogP contribution in [-0.2, 0) is 20.7 Å². The van der Waals surface area contributed by atoms with Gasteiger partial charge in [0.15, 0.2) is 5.78 Å². The predicted molar refractivity (Wildman–Crippen MR) is 103 cm³/mol. The second kappa shape index (κ2) is 7.99. The molecule has 0 bridgehead atoms. The highest BCUT2D eigenvalue weighted by Crippen LogP contribution is 2.39. The van der Waals surface area contributed by atoms with Gasteiger partial charge in [0, 0.05) is 41.7 Å². The molecular weight excluding hydrogens is 340 g/mol. The summed E-state index contributed by atoms with van der Waals surface area (Å²) in [7, 11) is 1.35. The molecule has 5 nitrogen and oxygen atoms in total. The molecule has 1 unspecified atom stereocenters. The maximum Gasteiger partial charge on any atom is 0.336 e. The Bertz CT molecular complexity index is 915. The third-order valence-corrected chi connectivity index (χ3v) is 4.69. The van der Waals surface area contributed by atoms with E-state index in [0.29, 0.717) is 16.8 Å². The number of ketones is 1. The number of methoxy groups -OCH3 is 1. The fourth-order valence-electron chi connectivity index (χ4n) is 3.51. The molecule has 1 aliphatic rings. The van der Waals surface area contributed by atoms with Crippen molar-refractivity contribution in [3.8, 4) is 0 Å². The number of rotatable bonds is 5. The van der Waals surface area contributed by atoms with Gasteiger partial charge in [-0.15, -0.1) is 0 Å². The van der Waals surface area contributed by atoms with Crippen molar-refractivity contribution in [1.29, 1.82) is 0 Å². The minimum absolute atomic E-state index is 0.0456. The van der Waals surface area contributed by atoms with Crippen LogP contribution >= 0.6 is 0 Å². The second-order valence-corrected chi connectivity index (χ2v) is 6.50. The van der Waals surface area contributed by atoms with Crippen molar-refractivity contribution in [2.75, 3.05) is 7.11 Å². The maximum atomic E-state index is 13.2. The predicted octanol–water partition coefficient (Wildman–Crippen LogP) is 3.30. The van der Waals surface area contributed by atoms with Gasteiger partial charge in [0.2, 0.25) is 0 Å². The summed E-state index contributed by atoms with van der Waals surface area (Å²) in [6.07, 6.45) is 3.58. The largest absolute Gasteiger partial charge is 0.466 e. The summed E-state index contributed by atoms with van der Waals surface area (Å²) in [5, 5.41) is 3.18. The quantitative estimate of drug-likeness (QED) is 0.827. The average molecular weight is 362 g/mol. The van der Waals surface area contributed by atoms with Crippen LogP contribution in [0.5, 0.6) is 0 Å². The summed E-state index contributed by atoms with van der Waals surface area (Å²) in [5.41, 5.74) is 4.21. The fourth-order valence-corrected chi connectivity index (χ4v) is 3.51. The number of pyridine rings is 1.